The van der Waals surface area contributed by atoms with Crippen LogP contribution in [0, 0.1) is 0 Å². The SMILES string of the molecule is O=C(O)c1cnc2c(O)cnn2c1. The van der Waals surface area contributed by atoms with Crippen molar-refractivity contribution < 1.29 is 15.0 Å². The van der Waals surface area contributed by atoms with Crippen LogP contribution in [0.2, 0.25) is 0 Å². The van der Waals surface area contributed by atoms with Gasteiger partial charge in [-0.15, -0.1) is 0 Å². The van der Waals surface area contributed by atoms with Gasteiger partial charge in [-0.05, 0) is 0 Å². The minimum atomic E-state index is -1.08. The Balaban J connectivity index is 2.70. The molecule has 0 bridgehead atoms. The molecule has 6 nitrogen and oxygen atoms in total. The van der Waals surface area contributed by atoms with Crippen molar-refractivity contribution in [3.05, 3.63) is 24.2 Å². The Labute approximate surface area is 72.1 Å². The maximum absolute atomic E-state index is 10.5. The number of aromatic hydroxyl groups is 1. The van der Waals surface area contributed by atoms with Gasteiger partial charge in [0.15, 0.2) is 11.4 Å². The number of hydrogen-bond donors (Lipinski definition) is 2. The average Bonchev–Trinajstić information content (AvgIpc) is 2.47. The van der Waals surface area contributed by atoms with Gasteiger partial charge in [-0.1, -0.05) is 0 Å². The molecule has 0 unspecified atom stereocenters. The van der Waals surface area contributed by atoms with Gasteiger partial charge in [-0.2, -0.15) is 5.10 Å². The Kier molecular flexibility index (Phi) is 1.42. The summed E-state index contributed by atoms with van der Waals surface area (Å²) in [4.78, 5) is 14.2. The van der Waals surface area contributed by atoms with Gasteiger partial charge in [0, 0.05) is 12.4 Å². The molecule has 0 spiro atoms. The molecule has 0 saturated carbocycles. The second kappa shape index (κ2) is 2.44. The quantitative estimate of drug-likeness (QED) is 0.649. The Hall–Kier alpha value is -2.11. The van der Waals surface area contributed by atoms with Crippen molar-refractivity contribution in [2.24, 2.45) is 0 Å². The first-order valence-electron chi connectivity index (χ1n) is 3.44. The minimum Gasteiger partial charge on any atom is -0.503 e. The highest BCUT2D eigenvalue weighted by Crippen LogP contribution is 2.14. The third-order valence-corrected chi connectivity index (χ3v) is 1.58. The Morgan fingerprint density at radius 3 is 2.92 bits per heavy atom. The van der Waals surface area contributed by atoms with E-state index in [4.69, 9.17) is 10.2 Å². The second-order valence-corrected chi connectivity index (χ2v) is 2.45. The molecule has 13 heavy (non-hydrogen) atoms. The largest absolute Gasteiger partial charge is 0.503 e. The molecule has 2 N–H and O–H groups in total. The first kappa shape index (κ1) is 7.53. The minimum absolute atomic E-state index is 0.0237. The number of rotatable bonds is 1. The maximum atomic E-state index is 10.5. The molecule has 2 heterocycles. The van der Waals surface area contributed by atoms with Crippen LogP contribution in [0.3, 0.4) is 0 Å². The molecule has 0 aliphatic heterocycles. The number of nitrogens with zero attached hydrogens (tertiary/aromatic N) is 3. The topological polar surface area (TPSA) is 87.7 Å². The van der Waals surface area contributed by atoms with Gasteiger partial charge in [-0.25, -0.2) is 14.3 Å². The van der Waals surface area contributed by atoms with Crippen molar-refractivity contribution in [2.75, 3.05) is 0 Å². The van der Waals surface area contributed by atoms with E-state index in [-0.39, 0.29) is 17.0 Å². The van der Waals surface area contributed by atoms with E-state index < -0.39 is 5.97 Å². The summed E-state index contributed by atoms with van der Waals surface area (Å²) in [6.45, 7) is 0. The number of carboxylic acid groups (broad SMARTS) is 1. The van der Waals surface area contributed by atoms with Crippen LogP contribution in [-0.2, 0) is 0 Å². The predicted octanol–water partition coefficient (Wildman–Crippen LogP) is 0.133. The maximum Gasteiger partial charge on any atom is 0.338 e. The molecule has 0 radical (unpaired) electrons. The highest BCUT2D eigenvalue weighted by atomic mass is 16.4. The van der Waals surface area contributed by atoms with Crippen molar-refractivity contribution in [2.45, 2.75) is 0 Å². The molecular weight excluding hydrogens is 174 g/mol. The fraction of sp³-hybridized carbons (Fsp3) is 0. The van der Waals surface area contributed by atoms with Crippen LogP contribution < -0.4 is 0 Å². The summed E-state index contributed by atoms with van der Waals surface area (Å²) in [7, 11) is 0. The summed E-state index contributed by atoms with van der Waals surface area (Å²) >= 11 is 0. The van der Waals surface area contributed by atoms with Crippen molar-refractivity contribution in [1.29, 1.82) is 0 Å². The van der Waals surface area contributed by atoms with E-state index >= 15 is 0 Å². The number of carboxylic acids is 1. The third-order valence-electron chi connectivity index (χ3n) is 1.58. The fourth-order valence-electron chi connectivity index (χ4n) is 0.973. The monoisotopic (exact) mass is 179 g/mol. The number of aromatic nitrogens is 3. The first-order valence-corrected chi connectivity index (χ1v) is 3.44. The average molecular weight is 179 g/mol. The molecule has 0 aliphatic rings. The van der Waals surface area contributed by atoms with E-state index in [0.29, 0.717) is 0 Å². The lowest BCUT2D eigenvalue weighted by atomic mass is 10.3. The lowest BCUT2D eigenvalue weighted by molar-refractivity contribution is 0.0695. The highest BCUT2D eigenvalue weighted by molar-refractivity contribution is 5.87. The van der Waals surface area contributed by atoms with Gasteiger partial charge in [0.25, 0.3) is 0 Å². The molecule has 0 saturated heterocycles. The molecule has 0 atom stereocenters. The molecular formula is C7H5N3O3. The van der Waals surface area contributed by atoms with Gasteiger partial charge in [-0.3, -0.25) is 0 Å². The Morgan fingerprint density at radius 1 is 1.46 bits per heavy atom. The van der Waals surface area contributed by atoms with E-state index in [1.807, 2.05) is 0 Å². The number of hydrogen-bond acceptors (Lipinski definition) is 4. The van der Waals surface area contributed by atoms with E-state index in [1.54, 1.807) is 0 Å². The number of fused-ring (bicyclic) bond motifs is 1. The number of aromatic carboxylic acids is 1. The summed E-state index contributed by atoms with van der Waals surface area (Å²) in [5.41, 5.74) is 0.264. The highest BCUT2D eigenvalue weighted by Gasteiger charge is 2.07. The Morgan fingerprint density at radius 2 is 2.23 bits per heavy atom. The zero-order chi connectivity index (χ0) is 9.42. The molecule has 6 heteroatoms. The van der Waals surface area contributed by atoms with Crippen molar-refractivity contribution in [1.82, 2.24) is 14.6 Å². The zero-order valence-corrected chi connectivity index (χ0v) is 6.38. The van der Waals surface area contributed by atoms with Crippen LogP contribution in [0.15, 0.2) is 18.6 Å². The molecule has 2 aromatic heterocycles. The van der Waals surface area contributed by atoms with Crippen molar-refractivity contribution >= 4 is 11.6 Å². The molecule has 66 valence electrons. The summed E-state index contributed by atoms with van der Waals surface area (Å²) in [6.07, 6.45) is 3.65. The predicted molar refractivity (Wildman–Crippen MR) is 41.6 cm³/mol. The van der Waals surface area contributed by atoms with Crippen LogP contribution in [0.5, 0.6) is 5.75 Å². The van der Waals surface area contributed by atoms with E-state index in [1.165, 1.54) is 23.1 Å². The lowest BCUT2D eigenvalue weighted by Gasteiger charge is -1.94. The molecule has 0 fully saturated rings. The van der Waals surface area contributed by atoms with Crippen molar-refractivity contribution in [3.63, 3.8) is 0 Å². The summed E-state index contributed by atoms with van der Waals surface area (Å²) in [5, 5.41) is 21.5. The summed E-state index contributed by atoms with van der Waals surface area (Å²) in [5.74, 6) is -1.15. The smallest absolute Gasteiger partial charge is 0.338 e. The standard InChI is InChI=1S/C7H5N3O3/c11-5-2-9-10-3-4(7(12)13)1-8-6(5)10/h1-3,11H,(H,12,13). The molecule has 2 rings (SSSR count). The third kappa shape index (κ3) is 1.08. The van der Waals surface area contributed by atoms with Crippen LogP contribution >= 0.6 is 0 Å². The van der Waals surface area contributed by atoms with Gasteiger partial charge in [0.05, 0.1) is 11.8 Å². The molecule has 0 amide bonds. The van der Waals surface area contributed by atoms with Crippen molar-refractivity contribution in [3.8, 4) is 5.75 Å². The van der Waals surface area contributed by atoms with Gasteiger partial charge >= 0.3 is 5.97 Å². The Bertz CT molecular complexity index is 477. The normalized spacial score (nSPS) is 10.5. The molecule has 2 aromatic rings. The lowest BCUT2D eigenvalue weighted by Crippen LogP contribution is -2.00. The first-order chi connectivity index (χ1) is 6.18. The van der Waals surface area contributed by atoms with Gasteiger partial charge in [0.1, 0.15) is 0 Å². The van der Waals surface area contributed by atoms with Crippen LogP contribution in [0.1, 0.15) is 10.4 Å². The van der Waals surface area contributed by atoms with E-state index in [9.17, 15) is 4.79 Å². The molecule has 0 aromatic carbocycles. The van der Waals surface area contributed by atoms with Gasteiger partial charge in [0.2, 0.25) is 0 Å². The molecule has 0 aliphatic carbocycles. The van der Waals surface area contributed by atoms with Crippen LogP contribution in [-0.4, -0.2) is 30.8 Å². The summed E-state index contributed by atoms with van der Waals surface area (Å²) in [6, 6.07) is 0. The van der Waals surface area contributed by atoms with E-state index in [0.717, 1.165) is 0 Å². The number of carbonyl (C=O) groups is 1. The second-order valence-electron chi connectivity index (χ2n) is 2.45. The fourth-order valence-corrected chi connectivity index (χ4v) is 0.973. The summed E-state index contributed by atoms with van der Waals surface area (Å²) < 4.78 is 1.21. The van der Waals surface area contributed by atoms with E-state index in [2.05, 4.69) is 10.1 Å². The van der Waals surface area contributed by atoms with Crippen LogP contribution in [0.4, 0.5) is 0 Å². The van der Waals surface area contributed by atoms with Crippen LogP contribution in [0.25, 0.3) is 5.65 Å². The zero-order valence-electron chi connectivity index (χ0n) is 6.38. The van der Waals surface area contributed by atoms with Gasteiger partial charge < -0.3 is 10.2 Å².